The minimum atomic E-state index is 0.0419. The summed E-state index contributed by atoms with van der Waals surface area (Å²) >= 11 is 1.45. The molecule has 0 aromatic carbocycles. The zero-order valence-corrected chi connectivity index (χ0v) is 9.89. The number of aromatic nitrogens is 2. The van der Waals surface area contributed by atoms with Gasteiger partial charge in [-0.05, 0) is 43.6 Å². The standard InChI is InChI=1S/C11H17N3S/c1-2-9-11(15-14-13-9)10(12)8-6-4-3-5-7-8/h6,10H,2-5,7,12H2,1H3. The van der Waals surface area contributed by atoms with E-state index in [-0.39, 0.29) is 6.04 Å². The molecule has 2 rings (SSSR count). The van der Waals surface area contributed by atoms with E-state index in [2.05, 4.69) is 22.6 Å². The molecular formula is C11H17N3S. The lowest BCUT2D eigenvalue weighted by molar-refractivity contribution is 0.649. The molecule has 1 heterocycles. The van der Waals surface area contributed by atoms with Gasteiger partial charge in [0.05, 0.1) is 16.6 Å². The van der Waals surface area contributed by atoms with Crippen molar-refractivity contribution in [3.63, 3.8) is 0 Å². The topological polar surface area (TPSA) is 51.8 Å². The van der Waals surface area contributed by atoms with Crippen molar-refractivity contribution in [1.29, 1.82) is 0 Å². The summed E-state index contributed by atoms with van der Waals surface area (Å²) < 4.78 is 3.99. The number of aryl methyl sites for hydroxylation is 1. The first kappa shape index (κ1) is 10.8. The molecule has 0 aliphatic heterocycles. The van der Waals surface area contributed by atoms with Crippen molar-refractivity contribution < 1.29 is 0 Å². The van der Waals surface area contributed by atoms with Gasteiger partial charge < -0.3 is 5.73 Å². The molecule has 0 radical (unpaired) electrons. The maximum atomic E-state index is 6.25. The monoisotopic (exact) mass is 223 g/mol. The molecule has 0 spiro atoms. The SMILES string of the molecule is CCc1nnsc1C(N)C1=CCCCC1. The average Bonchev–Trinajstić information content (AvgIpc) is 2.77. The van der Waals surface area contributed by atoms with Crippen molar-refractivity contribution in [2.24, 2.45) is 5.73 Å². The molecule has 4 heteroatoms. The number of hydrogen-bond donors (Lipinski definition) is 1. The van der Waals surface area contributed by atoms with Gasteiger partial charge in [-0.1, -0.05) is 23.1 Å². The normalized spacial score (nSPS) is 18.7. The Morgan fingerprint density at radius 1 is 1.53 bits per heavy atom. The Balaban J connectivity index is 2.19. The highest BCUT2D eigenvalue weighted by Crippen LogP contribution is 2.30. The third-order valence-corrected chi connectivity index (χ3v) is 3.78. The molecule has 15 heavy (non-hydrogen) atoms. The third-order valence-electron chi connectivity index (χ3n) is 2.93. The molecular weight excluding hydrogens is 206 g/mol. The van der Waals surface area contributed by atoms with Crippen molar-refractivity contribution in [1.82, 2.24) is 9.59 Å². The van der Waals surface area contributed by atoms with Crippen molar-refractivity contribution in [3.05, 3.63) is 22.2 Å². The van der Waals surface area contributed by atoms with Gasteiger partial charge in [0.25, 0.3) is 0 Å². The summed E-state index contributed by atoms with van der Waals surface area (Å²) in [6, 6.07) is 0.0419. The molecule has 1 aliphatic carbocycles. The highest BCUT2D eigenvalue weighted by atomic mass is 32.1. The van der Waals surface area contributed by atoms with E-state index in [1.807, 2.05) is 0 Å². The van der Waals surface area contributed by atoms with Crippen LogP contribution in [0.3, 0.4) is 0 Å². The highest BCUT2D eigenvalue weighted by molar-refractivity contribution is 7.05. The maximum absolute atomic E-state index is 6.25. The number of hydrogen-bond acceptors (Lipinski definition) is 4. The second kappa shape index (κ2) is 4.86. The van der Waals surface area contributed by atoms with Crippen LogP contribution >= 0.6 is 11.5 Å². The van der Waals surface area contributed by atoms with E-state index in [1.54, 1.807) is 0 Å². The van der Waals surface area contributed by atoms with Crippen LogP contribution in [0.1, 0.15) is 49.2 Å². The first-order chi connectivity index (χ1) is 7.33. The zero-order valence-electron chi connectivity index (χ0n) is 9.07. The number of allylic oxidation sites excluding steroid dienone is 1. The second-order valence-electron chi connectivity index (χ2n) is 3.94. The van der Waals surface area contributed by atoms with E-state index in [1.165, 1.54) is 36.4 Å². The first-order valence-corrected chi connectivity index (χ1v) is 6.36. The highest BCUT2D eigenvalue weighted by Gasteiger charge is 2.19. The molecule has 2 N–H and O–H groups in total. The molecule has 1 aromatic heterocycles. The van der Waals surface area contributed by atoms with Gasteiger partial charge in [-0.3, -0.25) is 0 Å². The van der Waals surface area contributed by atoms with Crippen LogP contribution < -0.4 is 5.73 Å². The summed E-state index contributed by atoms with van der Waals surface area (Å²) in [5, 5.41) is 4.11. The van der Waals surface area contributed by atoms with Gasteiger partial charge >= 0.3 is 0 Å². The van der Waals surface area contributed by atoms with Crippen molar-refractivity contribution in [2.75, 3.05) is 0 Å². The van der Waals surface area contributed by atoms with E-state index >= 15 is 0 Å². The molecule has 0 amide bonds. The molecule has 1 aliphatic rings. The largest absolute Gasteiger partial charge is 0.320 e. The Morgan fingerprint density at radius 2 is 2.40 bits per heavy atom. The average molecular weight is 223 g/mol. The lowest BCUT2D eigenvalue weighted by atomic mass is 9.93. The smallest absolute Gasteiger partial charge is 0.0804 e. The molecule has 1 atom stereocenters. The Labute approximate surface area is 94.5 Å². The van der Waals surface area contributed by atoms with E-state index < -0.39 is 0 Å². The van der Waals surface area contributed by atoms with Crippen LogP contribution in [0.15, 0.2) is 11.6 Å². The van der Waals surface area contributed by atoms with Crippen LogP contribution in [-0.2, 0) is 6.42 Å². The number of rotatable bonds is 3. The summed E-state index contributed by atoms with van der Waals surface area (Å²) in [6.45, 7) is 2.10. The molecule has 3 nitrogen and oxygen atoms in total. The Bertz CT molecular complexity index is 356. The minimum Gasteiger partial charge on any atom is -0.320 e. The lowest BCUT2D eigenvalue weighted by Crippen LogP contribution is -2.15. The van der Waals surface area contributed by atoms with Gasteiger partial charge in [0, 0.05) is 0 Å². The summed E-state index contributed by atoms with van der Waals surface area (Å²) in [5.41, 5.74) is 8.70. The van der Waals surface area contributed by atoms with Crippen LogP contribution in [0.25, 0.3) is 0 Å². The molecule has 82 valence electrons. The fourth-order valence-electron chi connectivity index (χ4n) is 2.01. The van der Waals surface area contributed by atoms with Crippen LogP contribution in [0.4, 0.5) is 0 Å². The fraction of sp³-hybridized carbons (Fsp3) is 0.636. The number of nitrogens with zero attached hydrogens (tertiary/aromatic N) is 2. The predicted molar refractivity (Wildman–Crippen MR) is 62.8 cm³/mol. The summed E-state index contributed by atoms with van der Waals surface area (Å²) in [5.74, 6) is 0. The lowest BCUT2D eigenvalue weighted by Gasteiger charge is -2.18. The molecule has 0 saturated carbocycles. The molecule has 1 unspecified atom stereocenters. The van der Waals surface area contributed by atoms with Crippen LogP contribution in [0, 0.1) is 0 Å². The predicted octanol–water partition coefficient (Wildman–Crippen LogP) is 2.60. The van der Waals surface area contributed by atoms with Gasteiger partial charge in [-0.15, -0.1) is 5.10 Å². The Kier molecular flexibility index (Phi) is 3.49. The third kappa shape index (κ3) is 2.26. The van der Waals surface area contributed by atoms with Crippen LogP contribution in [-0.4, -0.2) is 9.59 Å². The summed E-state index contributed by atoms with van der Waals surface area (Å²) in [6.07, 6.45) is 8.12. The molecule has 0 fully saturated rings. The van der Waals surface area contributed by atoms with Crippen LogP contribution in [0.5, 0.6) is 0 Å². The summed E-state index contributed by atoms with van der Waals surface area (Å²) in [4.78, 5) is 1.16. The van der Waals surface area contributed by atoms with E-state index in [4.69, 9.17) is 5.73 Å². The maximum Gasteiger partial charge on any atom is 0.0804 e. The molecule has 1 aromatic rings. The Morgan fingerprint density at radius 3 is 3.07 bits per heavy atom. The van der Waals surface area contributed by atoms with Gasteiger partial charge in [-0.2, -0.15) is 0 Å². The number of nitrogens with two attached hydrogens (primary N) is 1. The molecule has 0 bridgehead atoms. The van der Waals surface area contributed by atoms with E-state index in [0.29, 0.717) is 0 Å². The minimum absolute atomic E-state index is 0.0419. The van der Waals surface area contributed by atoms with Gasteiger partial charge in [0.15, 0.2) is 0 Å². The van der Waals surface area contributed by atoms with Crippen molar-refractivity contribution in [3.8, 4) is 0 Å². The second-order valence-corrected chi connectivity index (χ2v) is 4.73. The van der Waals surface area contributed by atoms with E-state index in [9.17, 15) is 0 Å². The summed E-state index contributed by atoms with van der Waals surface area (Å²) in [7, 11) is 0. The Hall–Kier alpha value is -0.740. The zero-order chi connectivity index (χ0) is 10.7. The van der Waals surface area contributed by atoms with Crippen molar-refractivity contribution in [2.45, 2.75) is 45.1 Å². The van der Waals surface area contributed by atoms with Crippen molar-refractivity contribution >= 4 is 11.5 Å². The fourth-order valence-corrected chi connectivity index (χ4v) is 2.79. The first-order valence-electron chi connectivity index (χ1n) is 5.58. The van der Waals surface area contributed by atoms with Gasteiger partial charge in [0.2, 0.25) is 0 Å². The molecule has 0 saturated heterocycles. The van der Waals surface area contributed by atoms with Crippen LogP contribution in [0.2, 0.25) is 0 Å². The quantitative estimate of drug-likeness (QED) is 0.801. The van der Waals surface area contributed by atoms with E-state index in [0.717, 1.165) is 23.4 Å². The van der Waals surface area contributed by atoms with Gasteiger partial charge in [0.1, 0.15) is 0 Å². The van der Waals surface area contributed by atoms with Gasteiger partial charge in [-0.25, -0.2) is 0 Å².